The molecule has 4 fully saturated rings. The van der Waals surface area contributed by atoms with Crippen LogP contribution in [0.2, 0.25) is 5.02 Å². The molecule has 5 aliphatic rings. The number of hydrogen-bond acceptors (Lipinski definition) is 8. The van der Waals surface area contributed by atoms with E-state index in [0.717, 1.165) is 56.9 Å². The summed E-state index contributed by atoms with van der Waals surface area (Å²) in [7, 11) is 0. The number of carboxylic acids is 1. The quantitative estimate of drug-likeness (QED) is 0.252. The van der Waals surface area contributed by atoms with Crippen molar-refractivity contribution >= 4 is 29.3 Å². The number of fused-ring (bicyclic) bond motifs is 7. The molecule has 4 saturated carbocycles. The molecule has 0 radical (unpaired) electrons. The van der Waals surface area contributed by atoms with Gasteiger partial charge in [-0.3, -0.25) is 14.4 Å². The number of Topliss-reactive ketones (excluding diaryl/α,β-unsaturated/α-hetero) is 1. The van der Waals surface area contributed by atoms with Gasteiger partial charge >= 0.3 is 11.9 Å². The molecule has 9 nitrogen and oxygen atoms in total. The van der Waals surface area contributed by atoms with E-state index in [1.54, 1.807) is 38.1 Å². The van der Waals surface area contributed by atoms with Gasteiger partial charge in [0.1, 0.15) is 12.2 Å². The zero-order valence-electron chi connectivity index (χ0n) is 33.5. The summed E-state index contributed by atoms with van der Waals surface area (Å²) in [4.78, 5) is 39.4. The highest BCUT2D eigenvalue weighted by Crippen LogP contribution is 2.76. The molecule has 0 spiro atoms. The fourth-order valence-electron chi connectivity index (χ4n) is 13.0. The van der Waals surface area contributed by atoms with Crippen LogP contribution >= 0.6 is 11.6 Å². The first-order chi connectivity index (χ1) is 25.2. The van der Waals surface area contributed by atoms with Gasteiger partial charge in [0, 0.05) is 16.0 Å². The van der Waals surface area contributed by atoms with E-state index in [9.17, 15) is 24.6 Å². The maximum absolute atomic E-state index is 14.5. The number of aliphatic carboxylic acids is 1. The van der Waals surface area contributed by atoms with Gasteiger partial charge in [-0.2, -0.15) is 0 Å². The van der Waals surface area contributed by atoms with Gasteiger partial charge in [0.15, 0.2) is 5.78 Å². The molecule has 5 aliphatic carbocycles. The van der Waals surface area contributed by atoms with E-state index in [-0.39, 0.29) is 69.5 Å². The zero-order valence-corrected chi connectivity index (χ0v) is 34.3. The number of carbonyl (C=O) groups is 3. The number of nitrogens with zero attached hydrogens (tertiary/aromatic N) is 2. The van der Waals surface area contributed by atoms with E-state index in [0.29, 0.717) is 22.4 Å². The Morgan fingerprint density at radius 2 is 1.61 bits per heavy atom. The van der Waals surface area contributed by atoms with Crippen LogP contribution in [0.1, 0.15) is 132 Å². The Kier molecular flexibility index (Phi) is 9.64. The number of aliphatic hydroxyl groups excluding tert-OH is 1. The van der Waals surface area contributed by atoms with Crippen LogP contribution in [0.15, 0.2) is 39.8 Å². The first kappa shape index (κ1) is 39.2. The van der Waals surface area contributed by atoms with Gasteiger partial charge in [-0.1, -0.05) is 65.6 Å². The SMILES string of the molecule is CC(C)C1=C2C(CC[C@]3(C)[C@@H]2CC[C@@H]2[C@@]4(C)CC[C@H](OC(=O)CC(C)(C)C(=O)O)C(C)(C)[C@@H]4CC[C@]23C)[C@H]([C@@H](O)c2nnc(-c3ccc(Cl)cc3)o2)C1=O. The Hall–Kier alpha value is -3.04. The molecule has 1 aromatic heterocycles. The molecule has 0 saturated heterocycles. The average Bonchev–Trinajstić information content (AvgIpc) is 3.69. The molecule has 10 heteroatoms. The molecule has 2 aromatic rings. The number of carbonyl (C=O) groups excluding carboxylic acids is 2. The summed E-state index contributed by atoms with van der Waals surface area (Å²) in [6.07, 6.45) is 6.07. The molecule has 7 rings (SSSR count). The number of benzene rings is 1. The molecule has 54 heavy (non-hydrogen) atoms. The fourth-order valence-corrected chi connectivity index (χ4v) is 13.2. The maximum atomic E-state index is 14.5. The number of carboxylic acid groups (broad SMARTS) is 1. The second kappa shape index (κ2) is 13.3. The number of ether oxygens (including phenoxy) is 1. The zero-order chi connectivity index (χ0) is 39.3. The van der Waals surface area contributed by atoms with E-state index in [1.807, 2.05) is 0 Å². The van der Waals surface area contributed by atoms with Crippen LogP contribution in [0.4, 0.5) is 0 Å². The van der Waals surface area contributed by atoms with E-state index in [2.05, 4.69) is 58.7 Å². The number of halogens is 1. The number of esters is 1. The minimum atomic E-state index is -1.20. The number of aromatic nitrogens is 2. The lowest BCUT2D eigenvalue weighted by Crippen LogP contribution is -2.65. The van der Waals surface area contributed by atoms with Crippen molar-refractivity contribution in [1.82, 2.24) is 10.2 Å². The van der Waals surface area contributed by atoms with Crippen molar-refractivity contribution in [3.63, 3.8) is 0 Å². The average molecular weight is 763 g/mol. The van der Waals surface area contributed by atoms with Crippen LogP contribution in [0.25, 0.3) is 11.5 Å². The first-order valence-electron chi connectivity index (χ1n) is 20.2. The van der Waals surface area contributed by atoms with Gasteiger partial charge in [-0.05, 0) is 141 Å². The van der Waals surface area contributed by atoms with Gasteiger partial charge in [0.05, 0.1) is 17.8 Å². The normalized spacial score (nSPS) is 36.6. The topological polar surface area (TPSA) is 140 Å². The predicted molar refractivity (Wildman–Crippen MR) is 205 cm³/mol. The van der Waals surface area contributed by atoms with Crippen LogP contribution in [-0.4, -0.2) is 44.2 Å². The molecule has 10 atom stereocenters. The minimum absolute atomic E-state index is 0.0253. The third-order valence-corrected chi connectivity index (χ3v) is 16.3. The molecule has 294 valence electrons. The first-order valence-corrected chi connectivity index (χ1v) is 20.5. The lowest BCUT2D eigenvalue weighted by atomic mass is 9.33. The number of hydrogen-bond donors (Lipinski definition) is 2. The van der Waals surface area contributed by atoms with Gasteiger partial charge in [-0.15, -0.1) is 10.2 Å². The molecule has 1 heterocycles. The molecule has 0 aliphatic heterocycles. The summed E-state index contributed by atoms with van der Waals surface area (Å²) in [5.41, 5.74) is 1.48. The van der Waals surface area contributed by atoms with Crippen molar-refractivity contribution in [2.45, 2.75) is 132 Å². The van der Waals surface area contributed by atoms with Crippen LogP contribution in [0, 0.1) is 62.6 Å². The third-order valence-electron chi connectivity index (χ3n) is 16.0. The number of ketones is 1. The van der Waals surface area contributed by atoms with Crippen LogP contribution in [-0.2, 0) is 19.1 Å². The van der Waals surface area contributed by atoms with E-state index < -0.39 is 29.4 Å². The van der Waals surface area contributed by atoms with Gasteiger partial charge < -0.3 is 19.4 Å². The molecule has 1 aromatic carbocycles. The van der Waals surface area contributed by atoms with Gasteiger partial charge in [0.2, 0.25) is 11.8 Å². The summed E-state index contributed by atoms with van der Waals surface area (Å²) in [5.74, 6) is -0.683. The lowest BCUT2D eigenvalue weighted by Gasteiger charge is -2.71. The molecule has 0 amide bonds. The molecular formula is C44H59ClN2O7. The van der Waals surface area contributed by atoms with Gasteiger partial charge in [-0.25, -0.2) is 0 Å². The summed E-state index contributed by atoms with van der Waals surface area (Å²) >= 11 is 6.08. The van der Waals surface area contributed by atoms with Gasteiger partial charge in [0.25, 0.3) is 0 Å². The van der Waals surface area contributed by atoms with Crippen molar-refractivity contribution in [2.24, 2.45) is 62.6 Å². The van der Waals surface area contributed by atoms with Crippen molar-refractivity contribution < 1.29 is 33.8 Å². The van der Waals surface area contributed by atoms with Crippen LogP contribution in [0.3, 0.4) is 0 Å². The van der Waals surface area contributed by atoms with Crippen molar-refractivity contribution in [3.8, 4) is 11.5 Å². The standard InChI is InChI=1S/C44H59ClN2O7/c1-23(2)32-33-26(34(35(32)49)36(50)38-47-46-37(54-38)24-10-12-25(45)13-11-24)16-20-43(8)27(33)14-15-29-42(7)19-18-30(53-31(48)22-40(3,4)39(51)52)41(5,6)28(42)17-21-44(29,43)9/h10-13,23,26-30,34,36,50H,14-22H2,1-9H3,(H,51,52)/t26?,27-,28+,29-,30+,34+,36-,42+,43-,44-/m1/s1. The fraction of sp³-hybridized carbons (Fsp3) is 0.705. The van der Waals surface area contributed by atoms with Crippen LogP contribution in [0.5, 0.6) is 0 Å². The molecule has 0 bridgehead atoms. The van der Waals surface area contributed by atoms with Crippen LogP contribution < -0.4 is 0 Å². The Labute approximate surface area is 325 Å². The second-order valence-corrected chi connectivity index (χ2v) is 20.2. The second-order valence-electron chi connectivity index (χ2n) is 19.8. The highest BCUT2D eigenvalue weighted by atomic mass is 35.5. The Morgan fingerprint density at radius 3 is 2.26 bits per heavy atom. The number of rotatable bonds is 8. The summed E-state index contributed by atoms with van der Waals surface area (Å²) in [6.45, 7) is 19.4. The Bertz CT molecular complexity index is 1860. The van der Waals surface area contributed by atoms with E-state index in [4.69, 9.17) is 20.8 Å². The monoisotopic (exact) mass is 762 g/mol. The number of allylic oxidation sites excluding steroid dienone is 2. The predicted octanol–water partition coefficient (Wildman–Crippen LogP) is 9.67. The summed E-state index contributed by atoms with van der Waals surface area (Å²) in [5, 5.41) is 30.5. The maximum Gasteiger partial charge on any atom is 0.309 e. The van der Waals surface area contributed by atoms with E-state index in [1.165, 1.54) is 5.57 Å². The Morgan fingerprint density at radius 1 is 0.944 bits per heavy atom. The largest absolute Gasteiger partial charge is 0.481 e. The van der Waals surface area contributed by atoms with Crippen molar-refractivity contribution in [1.29, 1.82) is 0 Å². The molecular weight excluding hydrogens is 704 g/mol. The smallest absolute Gasteiger partial charge is 0.309 e. The molecule has 1 unspecified atom stereocenters. The molecule has 2 N–H and O–H groups in total. The Balaban J connectivity index is 1.14. The third kappa shape index (κ3) is 5.83. The highest BCUT2D eigenvalue weighted by molar-refractivity contribution is 6.30. The summed E-state index contributed by atoms with van der Waals surface area (Å²) < 4.78 is 12.2. The highest BCUT2D eigenvalue weighted by Gasteiger charge is 2.69. The van der Waals surface area contributed by atoms with E-state index >= 15 is 0 Å². The minimum Gasteiger partial charge on any atom is -0.481 e. The summed E-state index contributed by atoms with van der Waals surface area (Å²) in [6, 6.07) is 7.09. The lowest BCUT2D eigenvalue weighted by molar-refractivity contribution is -0.232. The van der Waals surface area contributed by atoms with Crippen molar-refractivity contribution in [3.05, 3.63) is 46.3 Å². The number of aliphatic hydroxyl groups is 1. The van der Waals surface area contributed by atoms with Crippen molar-refractivity contribution in [2.75, 3.05) is 0 Å².